The molecule has 1 aliphatic rings. The van der Waals surface area contributed by atoms with Crippen LogP contribution in [0, 0.1) is 11.8 Å². The van der Waals surface area contributed by atoms with E-state index >= 15 is 0 Å². The highest BCUT2D eigenvalue weighted by atomic mass is 32.2. The van der Waals surface area contributed by atoms with Crippen molar-refractivity contribution in [1.82, 2.24) is 0 Å². The Morgan fingerprint density at radius 1 is 1.17 bits per heavy atom. The zero-order valence-electron chi connectivity index (χ0n) is 8.51. The molecule has 0 aliphatic heterocycles. The molecule has 0 unspecified atom stereocenters. The molecule has 1 fully saturated rings. The van der Waals surface area contributed by atoms with Gasteiger partial charge in [0.1, 0.15) is 0 Å². The topological polar surface area (TPSA) is 0 Å². The monoisotopic (exact) mass is 186 g/mol. The van der Waals surface area contributed by atoms with E-state index in [1.807, 2.05) is 0 Å². The SMILES string of the molecule is CCSCCC1CCC(C)CC1. The van der Waals surface area contributed by atoms with Crippen molar-refractivity contribution in [2.24, 2.45) is 11.8 Å². The lowest BCUT2D eigenvalue weighted by Gasteiger charge is -2.25. The second kappa shape index (κ2) is 5.90. The molecule has 0 nitrogen and oxygen atoms in total. The van der Waals surface area contributed by atoms with Gasteiger partial charge in [0, 0.05) is 0 Å². The van der Waals surface area contributed by atoms with E-state index in [9.17, 15) is 0 Å². The average molecular weight is 186 g/mol. The normalized spacial score (nSPS) is 30.5. The fraction of sp³-hybridized carbons (Fsp3) is 1.00. The first-order valence-corrected chi connectivity index (χ1v) is 6.56. The number of thioether (sulfide) groups is 1. The molecular formula is C11H22S. The van der Waals surface area contributed by atoms with Crippen molar-refractivity contribution >= 4 is 11.8 Å². The largest absolute Gasteiger partial charge is 0.162 e. The van der Waals surface area contributed by atoms with Crippen molar-refractivity contribution in [3.63, 3.8) is 0 Å². The first-order valence-electron chi connectivity index (χ1n) is 5.40. The second-order valence-corrected chi connectivity index (χ2v) is 5.51. The van der Waals surface area contributed by atoms with Crippen LogP contribution in [0.25, 0.3) is 0 Å². The zero-order chi connectivity index (χ0) is 8.81. The lowest BCUT2D eigenvalue weighted by molar-refractivity contribution is 0.285. The smallest absolute Gasteiger partial charge is 0.00650 e. The Morgan fingerprint density at radius 3 is 2.42 bits per heavy atom. The van der Waals surface area contributed by atoms with Gasteiger partial charge >= 0.3 is 0 Å². The summed E-state index contributed by atoms with van der Waals surface area (Å²) < 4.78 is 0. The van der Waals surface area contributed by atoms with Crippen LogP contribution in [0.1, 0.15) is 46.0 Å². The molecule has 0 aromatic carbocycles. The van der Waals surface area contributed by atoms with Crippen LogP contribution < -0.4 is 0 Å². The quantitative estimate of drug-likeness (QED) is 0.599. The van der Waals surface area contributed by atoms with Gasteiger partial charge in [-0.05, 0) is 29.8 Å². The Hall–Kier alpha value is 0.350. The van der Waals surface area contributed by atoms with Gasteiger partial charge in [0.25, 0.3) is 0 Å². The van der Waals surface area contributed by atoms with Gasteiger partial charge in [0.05, 0.1) is 0 Å². The van der Waals surface area contributed by atoms with E-state index in [-0.39, 0.29) is 0 Å². The molecule has 1 saturated carbocycles. The number of hydrogen-bond donors (Lipinski definition) is 0. The molecule has 0 amide bonds. The van der Waals surface area contributed by atoms with Gasteiger partial charge in [-0.3, -0.25) is 0 Å². The van der Waals surface area contributed by atoms with E-state index in [2.05, 4.69) is 25.6 Å². The summed E-state index contributed by atoms with van der Waals surface area (Å²) in [5.74, 6) is 4.78. The minimum Gasteiger partial charge on any atom is -0.162 e. The zero-order valence-corrected chi connectivity index (χ0v) is 9.33. The Morgan fingerprint density at radius 2 is 1.83 bits per heavy atom. The molecule has 0 radical (unpaired) electrons. The highest BCUT2D eigenvalue weighted by molar-refractivity contribution is 7.99. The highest BCUT2D eigenvalue weighted by Crippen LogP contribution is 2.30. The Balaban J connectivity index is 2.01. The molecule has 12 heavy (non-hydrogen) atoms. The molecule has 0 aromatic rings. The van der Waals surface area contributed by atoms with Gasteiger partial charge in [-0.15, -0.1) is 0 Å². The minimum absolute atomic E-state index is 1.01. The summed E-state index contributed by atoms with van der Waals surface area (Å²) in [5.41, 5.74) is 0. The third-order valence-electron chi connectivity index (χ3n) is 3.01. The van der Waals surface area contributed by atoms with Crippen molar-refractivity contribution in [2.75, 3.05) is 11.5 Å². The molecule has 0 heterocycles. The van der Waals surface area contributed by atoms with Crippen LogP contribution in [0.4, 0.5) is 0 Å². The van der Waals surface area contributed by atoms with Gasteiger partial charge in [0.2, 0.25) is 0 Å². The Kier molecular flexibility index (Phi) is 5.13. The first kappa shape index (κ1) is 10.4. The molecule has 0 bridgehead atoms. The van der Waals surface area contributed by atoms with Crippen LogP contribution >= 0.6 is 11.8 Å². The van der Waals surface area contributed by atoms with Crippen LogP contribution in [0.2, 0.25) is 0 Å². The fourth-order valence-electron chi connectivity index (χ4n) is 2.01. The van der Waals surface area contributed by atoms with Gasteiger partial charge in [-0.25, -0.2) is 0 Å². The maximum Gasteiger partial charge on any atom is -0.00650 e. The molecule has 0 spiro atoms. The van der Waals surface area contributed by atoms with Crippen molar-refractivity contribution in [1.29, 1.82) is 0 Å². The van der Waals surface area contributed by atoms with Crippen molar-refractivity contribution in [3.05, 3.63) is 0 Å². The maximum atomic E-state index is 2.40. The lowest BCUT2D eigenvalue weighted by atomic mass is 9.82. The molecule has 1 heteroatoms. The Labute approximate surface area is 81.5 Å². The van der Waals surface area contributed by atoms with Crippen LogP contribution in [0.5, 0.6) is 0 Å². The summed E-state index contributed by atoms with van der Waals surface area (Å²) in [6.07, 6.45) is 7.46. The van der Waals surface area contributed by atoms with Crippen molar-refractivity contribution < 1.29 is 0 Å². The standard InChI is InChI=1S/C11H22S/c1-3-12-9-8-11-6-4-10(2)5-7-11/h10-11H,3-9H2,1-2H3. The van der Waals surface area contributed by atoms with E-state index in [4.69, 9.17) is 0 Å². The first-order chi connectivity index (χ1) is 5.83. The summed E-state index contributed by atoms with van der Waals surface area (Å²) >= 11 is 2.10. The molecule has 0 saturated heterocycles. The van der Waals surface area contributed by atoms with Crippen LogP contribution in [0.15, 0.2) is 0 Å². The fourth-order valence-corrected chi connectivity index (χ4v) is 2.80. The predicted octanol–water partition coefficient (Wildman–Crippen LogP) is 3.96. The highest BCUT2D eigenvalue weighted by Gasteiger charge is 2.17. The molecule has 72 valence electrons. The summed E-state index contributed by atoms with van der Waals surface area (Å²) in [7, 11) is 0. The van der Waals surface area contributed by atoms with Crippen LogP contribution in [-0.2, 0) is 0 Å². The van der Waals surface area contributed by atoms with E-state index in [0.717, 1.165) is 11.8 Å². The molecule has 0 atom stereocenters. The van der Waals surface area contributed by atoms with E-state index < -0.39 is 0 Å². The maximum absolute atomic E-state index is 2.40. The minimum atomic E-state index is 1.01. The van der Waals surface area contributed by atoms with Gasteiger partial charge in [-0.1, -0.05) is 39.5 Å². The summed E-state index contributed by atoms with van der Waals surface area (Å²) in [4.78, 5) is 0. The summed E-state index contributed by atoms with van der Waals surface area (Å²) in [6.45, 7) is 4.66. The van der Waals surface area contributed by atoms with Gasteiger partial charge in [-0.2, -0.15) is 11.8 Å². The van der Waals surface area contributed by atoms with Crippen molar-refractivity contribution in [2.45, 2.75) is 46.0 Å². The van der Waals surface area contributed by atoms with Crippen molar-refractivity contribution in [3.8, 4) is 0 Å². The molecule has 1 aliphatic carbocycles. The van der Waals surface area contributed by atoms with Crippen LogP contribution in [0.3, 0.4) is 0 Å². The van der Waals surface area contributed by atoms with E-state index in [1.54, 1.807) is 0 Å². The lowest BCUT2D eigenvalue weighted by Crippen LogP contribution is -2.12. The Bertz CT molecular complexity index is 104. The molecule has 0 aromatic heterocycles. The third-order valence-corrected chi connectivity index (χ3v) is 3.94. The number of hydrogen-bond acceptors (Lipinski definition) is 1. The molecular weight excluding hydrogens is 164 g/mol. The van der Waals surface area contributed by atoms with E-state index in [0.29, 0.717) is 0 Å². The average Bonchev–Trinajstić information content (AvgIpc) is 2.09. The predicted molar refractivity (Wildman–Crippen MR) is 58.7 cm³/mol. The second-order valence-electron chi connectivity index (χ2n) is 4.11. The molecule has 0 N–H and O–H groups in total. The molecule has 1 rings (SSSR count). The third kappa shape index (κ3) is 3.84. The van der Waals surface area contributed by atoms with Gasteiger partial charge in [0.15, 0.2) is 0 Å². The van der Waals surface area contributed by atoms with E-state index in [1.165, 1.54) is 43.6 Å². The number of rotatable bonds is 4. The summed E-state index contributed by atoms with van der Waals surface area (Å²) in [6, 6.07) is 0. The van der Waals surface area contributed by atoms with Crippen LogP contribution in [-0.4, -0.2) is 11.5 Å². The van der Waals surface area contributed by atoms with Gasteiger partial charge < -0.3 is 0 Å². The summed E-state index contributed by atoms with van der Waals surface area (Å²) in [5, 5.41) is 0.